The fourth-order valence-electron chi connectivity index (χ4n) is 2.07. The zero-order valence-electron chi connectivity index (χ0n) is 8.50. The molecular weight excluding hydrogens is 189 g/mol. The van der Waals surface area contributed by atoms with Crippen molar-refractivity contribution in [1.82, 2.24) is 4.98 Å². The number of hydrogen-bond donors (Lipinski definition) is 2. The lowest BCUT2D eigenvalue weighted by molar-refractivity contribution is 0.423. The van der Waals surface area contributed by atoms with Crippen LogP contribution in [0.15, 0.2) is 30.4 Å². The van der Waals surface area contributed by atoms with Gasteiger partial charge in [-0.05, 0) is 30.9 Å². The third-order valence-corrected chi connectivity index (χ3v) is 2.75. The highest BCUT2D eigenvalue weighted by Crippen LogP contribution is 2.30. The summed E-state index contributed by atoms with van der Waals surface area (Å²) in [6, 6.07) is 4.05. The number of hydrogen-bond acceptors (Lipinski definition) is 3. The van der Waals surface area contributed by atoms with E-state index in [0.29, 0.717) is 0 Å². The summed E-state index contributed by atoms with van der Waals surface area (Å²) in [7, 11) is -1.36. The second kappa shape index (κ2) is 4.60. The minimum atomic E-state index is -1.36. The van der Waals surface area contributed by atoms with Gasteiger partial charge in [-0.2, -0.15) is 0 Å². The Labute approximate surface area is 89.6 Å². The maximum atomic E-state index is 8.78. The van der Waals surface area contributed by atoms with Crippen LogP contribution in [-0.2, 0) is 6.42 Å². The van der Waals surface area contributed by atoms with Gasteiger partial charge in [0.1, 0.15) is 0 Å². The summed E-state index contributed by atoms with van der Waals surface area (Å²) in [5.41, 5.74) is 2.37. The zero-order valence-corrected chi connectivity index (χ0v) is 8.50. The molecule has 1 aromatic rings. The van der Waals surface area contributed by atoms with E-state index in [1.807, 2.05) is 12.1 Å². The second-order valence-electron chi connectivity index (χ2n) is 3.85. The Morgan fingerprint density at radius 1 is 1.47 bits per heavy atom. The van der Waals surface area contributed by atoms with Gasteiger partial charge in [-0.3, -0.25) is 4.98 Å². The van der Waals surface area contributed by atoms with Crippen molar-refractivity contribution in [3.05, 3.63) is 41.6 Å². The molecule has 1 unspecified atom stereocenters. The molecule has 3 nitrogen and oxygen atoms in total. The van der Waals surface area contributed by atoms with E-state index in [0.717, 1.165) is 25.0 Å². The van der Waals surface area contributed by atoms with Crippen LogP contribution in [0, 0.1) is 0 Å². The fraction of sp³-hybridized carbons (Fsp3) is 0.364. The van der Waals surface area contributed by atoms with Crippen LogP contribution in [-0.4, -0.2) is 22.2 Å². The Kier molecular flexibility index (Phi) is 3.19. The van der Waals surface area contributed by atoms with Crippen LogP contribution >= 0.6 is 0 Å². The molecule has 0 aromatic carbocycles. The largest absolute Gasteiger partial charge is 0.480 e. The Morgan fingerprint density at radius 2 is 2.33 bits per heavy atom. The molecule has 0 amide bonds. The van der Waals surface area contributed by atoms with Crippen LogP contribution in [0.2, 0.25) is 0 Å². The molecule has 0 spiro atoms. The molecule has 2 rings (SSSR count). The van der Waals surface area contributed by atoms with Crippen LogP contribution in [0.5, 0.6) is 0 Å². The van der Waals surface area contributed by atoms with Crippen molar-refractivity contribution in [3.8, 4) is 0 Å². The molecule has 2 N–H and O–H groups in total. The first-order valence-corrected chi connectivity index (χ1v) is 5.25. The standard InChI is InChI=1S/C11H14BNO2/c14-12(15)7-6-10-4-1-3-9-5-2-8-13-11(9)10/h2,5-8,10,14-15H,1,3-4H2/b7-6+. The Hall–Kier alpha value is -1.13. The van der Waals surface area contributed by atoms with Crippen molar-refractivity contribution in [2.75, 3.05) is 0 Å². The minimum Gasteiger partial charge on any atom is -0.424 e. The van der Waals surface area contributed by atoms with Crippen molar-refractivity contribution in [3.63, 3.8) is 0 Å². The van der Waals surface area contributed by atoms with E-state index in [1.165, 1.54) is 11.5 Å². The zero-order chi connectivity index (χ0) is 10.7. The Bertz CT molecular complexity index is 365. The molecule has 1 aliphatic rings. The monoisotopic (exact) mass is 203 g/mol. The summed E-state index contributed by atoms with van der Waals surface area (Å²) in [6.07, 6.45) is 6.88. The Balaban J connectivity index is 2.22. The van der Waals surface area contributed by atoms with Crippen LogP contribution in [0.1, 0.15) is 30.0 Å². The quantitative estimate of drug-likeness (QED) is 0.707. The van der Waals surface area contributed by atoms with Crippen LogP contribution in [0.3, 0.4) is 0 Å². The summed E-state index contributed by atoms with van der Waals surface area (Å²) in [6.45, 7) is 0. The van der Waals surface area contributed by atoms with Gasteiger partial charge in [-0.15, -0.1) is 0 Å². The molecular formula is C11H14BNO2. The SMILES string of the molecule is OB(O)/C=C/C1CCCc2cccnc21. The van der Waals surface area contributed by atoms with E-state index < -0.39 is 7.12 Å². The van der Waals surface area contributed by atoms with Gasteiger partial charge >= 0.3 is 7.12 Å². The molecule has 0 bridgehead atoms. The fourth-order valence-corrected chi connectivity index (χ4v) is 2.07. The highest BCUT2D eigenvalue weighted by Gasteiger charge is 2.19. The van der Waals surface area contributed by atoms with Crippen molar-refractivity contribution in [2.24, 2.45) is 0 Å². The predicted octanol–water partition coefficient (Wildman–Crippen LogP) is 1.07. The third kappa shape index (κ3) is 2.46. The van der Waals surface area contributed by atoms with Gasteiger partial charge in [-0.25, -0.2) is 0 Å². The molecule has 4 heteroatoms. The van der Waals surface area contributed by atoms with Crippen molar-refractivity contribution < 1.29 is 10.0 Å². The average Bonchev–Trinajstić information content (AvgIpc) is 2.26. The van der Waals surface area contributed by atoms with Crippen LogP contribution in [0.25, 0.3) is 0 Å². The van der Waals surface area contributed by atoms with Gasteiger partial charge < -0.3 is 10.0 Å². The third-order valence-electron chi connectivity index (χ3n) is 2.75. The highest BCUT2D eigenvalue weighted by atomic mass is 16.4. The molecule has 78 valence electrons. The molecule has 1 aliphatic carbocycles. The second-order valence-corrected chi connectivity index (χ2v) is 3.85. The van der Waals surface area contributed by atoms with Crippen molar-refractivity contribution in [1.29, 1.82) is 0 Å². The number of aryl methyl sites for hydroxylation is 1. The van der Waals surface area contributed by atoms with Gasteiger partial charge in [0, 0.05) is 12.1 Å². The number of aromatic nitrogens is 1. The van der Waals surface area contributed by atoms with Crippen molar-refractivity contribution in [2.45, 2.75) is 25.2 Å². The van der Waals surface area contributed by atoms with Gasteiger partial charge in [-0.1, -0.05) is 18.1 Å². The lowest BCUT2D eigenvalue weighted by Gasteiger charge is -2.21. The Morgan fingerprint density at radius 3 is 3.13 bits per heavy atom. The lowest BCUT2D eigenvalue weighted by Crippen LogP contribution is -2.12. The molecule has 15 heavy (non-hydrogen) atoms. The molecule has 0 saturated heterocycles. The average molecular weight is 203 g/mol. The summed E-state index contributed by atoms with van der Waals surface area (Å²) >= 11 is 0. The number of fused-ring (bicyclic) bond motifs is 1. The van der Waals surface area contributed by atoms with E-state index in [4.69, 9.17) is 10.0 Å². The first-order valence-electron chi connectivity index (χ1n) is 5.25. The maximum Gasteiger partial charge on any atom is 0.480 e. The van der Waals surface area contributed by atoms with E-state index >= 15 is 0 Å². The number of allylic oxidation sites excluding steroid dienone is 1. The molecule has 0 radical (unpaired) electrons. The van der Waals surface area contributed by atoms with E-state index in [-0.39, 0.29) is 5.92 Å². The molecule has 1 aromatic heterocycles. The normalized spacial score (nSPS) is 20.3. The first kappa shape index (κ1) is 10.4. The lowest BCUT2D eigenvalue weighted by atomic mass is 9.82. The van der Waals surface area contributed by atoms with E-state index in [2.05, 4.69) is 11.1 Å². The highest BCUT2D eigenvalue weighted by molar-refractivity contribution is 6.47. The van der Waals surface area contributed by atoms with Gasteiger partial charge in [0.2, 0.25) is 0 Å². The van der Waals surface area contributed by atoms with Crippen LogP contribution in [0.4, 0.5) is 0 Å². The van der Waals surface area contributed by atoms with Gasteiger partial charge in [0.25, 0.3) is 0 Å². The minimum absolute atomic E-state index is 0.233. The predicted molar refractivity (Wildman–Crippen MR) is 59.2 cm³/mol. The van der Waals surface area contributed by atoms with Gasteiger partial charge in [0.15, 0.2) is 0 Å². The van der Waals surface area contributed by atoms with Crippen LogP contribution < -0.4 is 0 Å². The summed E-state index contributed by atoms with van der Waals surface area (Å²) in [5.74, 6) is 1.64. The van der Waals surface area contributed by atoms with E-state index in [9.17, 15) is 0 Å². The summed E-state index contributed by atoms with van der Waals surface area (Å²) in [4.78, 5) is 4.36. The first-order chi connectivity index (χ1) is 7.27. The molecule has 1 heterocycles. The maximum absolute atomic E-state index is 8.78. The summed E-state index contributed by atoms with van der Waals surface area (Å²) in [5, 5.41) is 17.6. The molecule has 0 aliphatic heterocycles. The number of rotatable bonds is 2. The van der Waals surface area contributed by atoms with Crippen molar-refractivity contribution >= 4 is 7.12 Å². The number of nitrogens with zero attached hydrogens (tertiary/aromatic N) is 1. The molecule has 1 atom stereocenters. The number of pyridine rings is 1. The smallest absolute Gasteiger partial charge is 0.424 e. The molecule has 0 fully saturated rings. The van der Waals surface area contributed by atoms with E-state index in [1.54, 1.807) is 6.20 Å². The van der Waals surface area contributed by atoms with Gasteiger partial charge in [0.05, 0.1) is 5.69 Å². The summed E-state index contributed by atoms with van der Waals surface area (Å²) < 4.78 is 0. The molecule has 0 saturated carbocycles. The topological polar surface area (TPSA) is 53.4 Å².